The van der Waals surface area contributed by atoms with E-state index in [1.807, 2.05) is 27.7 Å². The molecule has 5 aliphatic carbocycles. The van der Waals surface area contributed by atoms with Crippen LogP contribution in [-0.2, 0) is 0 Å². The Morgan fingerprint density at radius 3 is 0.651 bits per heavy atom. The molecule has 0 nitrogen and oxygen atoms in total. The van der Waals surface area contributed by atoms with E-state index in [-0.39, 0.29) is 0 Å². The molecule has 0 bridgehead atoms. The lowest BCUT2D eigenvalue weighted by molar-refractivity contribution is 0.250. The van der Waals surface area contributed by atoms with Crippen LogP contribution in [-0.4, -0.2) is 0 Å². The Labute approximate surface area is 276 Å². The van der Waals surface area contributed by atoms with Gasteiger partial charge in [0.1, 0.15) is 0 Å². The van der Waals surface area contributed by atoms with Crippen LogP contribution in [0, 0.1) is 41.4 Å². The molecule has 0 amide bonds. The Morgan fingerprint density at radius 1 is 0.209 bits per heavy atom. The molecule has 0 spiro atoms. The van der Waals surface area contributed by atoms with Gasteiger partial charge in [-0.3, -0.25) is 0 Å². The zero-order valence-electron chi connectivity index (χ0n) is 32.1. The summed E-state index contributed by atoms with van der Waals surface area (Å²) in [6.45, 7) is 20.0. The van der Waals surface area contributed by atoms with E-state index in [9.17, 15) is 0 Å². The van der Waals surface area contributed by atoms with Gasteiger partial charge in [-0.2, -0.15) is 0 Å². The van der Waals surface area contributed by atoms with E-state index in [0.29, 0.717) is 0 Å². The molecule has 0 radical (unpaired) electrons. The molecule has 5 rings (SSSR count). The molecule has 0 heteroatoms. The Hall–Kier alpha value is 0. The number of rotatable bonds is 1. The predicted octanol–water partition coefficient (Wildman–Crippen LogP) is 16.0. The summed E-state index contributed by atoms with van der Waals surface area (Å²) in [7, 11) is 0. The summed E-state index contributed by atoms with van der Waals surface area (Å²) in [6, 6.07) is 0. The summed E-state index contributed by atoms with van der Waals surface area (Å²) < 4.78 is 0. The summed E-state index contributed by atoms with van der Waals surface area (Å²) >= 11 is 0. The minimum absolute atomic E-state index is 1.01. The average molecular weight is 605 g/mol. The maximum atomic E-state index is 2.44. The first-order valence-electron chi connectivity index (χ1n) is 20.9. The molecular weight excluding hydrogens is 516 g/mol. The van der Waals surface area contributed by atoms with Crippen molar-refractivity contribution < 1.29 is 0 Å². The molecule has 0 saturated heterocycles. The van der Waals surface area contributed by atoms with E-state index >= 15 is 0 Å². The molecule has 5 saturated carbocycles. The fourth-order valence-corrected chi connectivity index (χ4v) is 8.35. The van der Waals surface area contributed by atoms with E-state index in [4.69, 9.17) is 0 Å². The maximum absolute atomic E-state index is 2.44. The smallest absolute Gasteiger partial charge is 0.0386 e. The highest BCUT2D eigenvalue weighted by Crippen LogP contribution is 2.38. The van der Waals surface area contributed by atoms with E-state index in [1.165, 1.54) is 148 Å². The van der Waals surface area contributed by atoms with Crippen LogP contribution in [0.3, 0.4) is 0 Å². The maximum Gasteiger partial charge on any atom is -0.0386 e. The first-order chi connectivity index (χ1) is 20.9. The summed E-state index contributed by atoms with van der Waals surface area (Å²) in [5.41, 5.74) is 0. The van der Waals surface area contributed by atoms with E-state index in [2.05, 4.69) is 34.6 Å². The van der Waals surface area contributed by atoms with Crippen LogP contribution < -0.4 is 0 Å². The Kier molecular flexibility index (Phi) is 30.6. The minimum atomic E-state index is 1.01. The van der Waals surface area contributed by atoms with Gasteiger partial charge in [0.2, 0.25) is 0 Å². The molecule has 0 unspecified atom stereocenters. The normalized spacial score (nSPS) is 29.5. The molecule has 0 heterocycles. The zero-order valence-corrected chi connectivity index (χ0v) is 32.1. The van der Waals surface area contributed by atoms with Crippen LogP contribution >= 0.6 is 0 Å². The van der Waals surface area contributed by atoms with E-state index in [1.54, 1.807) is 25.7 Å². The topological polar surface area (TPSA) is 0 Å². The lowest BCUT2D eigenvalue weighted by Crippen LogP contribution is -2.15. The van der Waals surface area contributed by atoms with Crippen LogP contribution in [0.2, 0.25) is 0 Å². The van der Waals surface area contributed by atoms with Gasteiger partial charge >= 0.3 is 0 Å². The molecule has 5 aliphatic rings. The van der Waals surface area contributed by atoms with Gasteiger partial charge in [-0.1, -0.05) is 236 Å². The van der Waals surface area contributed by atoms with Gasteiger partial charge in [-0.15, -0.1) is 0 Å². The van der Waals surface area contributed by atoms with Crippen LogP contribution in [0.25, 0.3) is 0 Å². The summed E-state index contributed by atoms with van der Waals surface area (Å²) in [6.07, 6.45) is 40.5. The second kappa shape index (κ2) is 30.6. The molecule has 0 aliphatic heterocycles. The minimum Gasteiger partial charge on any atom is -0.0683 e. The summed E-state index contributed by atoms with van der Waals surface area (Å²) in [4.78, 5) is 0. The van der Waals surface area contributed by atoms with Crippen molar-refractivity contribution in [2.24, 2.45) is 41.4 Å². The third-order valence-electron chi connectivity index (χ3n) is 11.4. The molecule has 5 fully saturated rings. The fraction of sp³-hybridized carbons (Fsp3) is 1.00. The molecule has 260 valence electrons. The zero-order chi connectivity index (χ0) is 32.1. The highest BCUT2D eigenvalue weighted by Gasteiger charge is 2.25. The van der Waals surface area contributed by atoms with Gasteiger partial charge in [0.05, 0.1) is 0 Å². The molecule has 0 aromatic heterocycles. The lowest BCUT2D eigenvalue weighted by atomic mass is 9.79. The van der Waals surface area contributed by atoms with E-state index in [0.717, 1.165) is 41.4 Å². The van der Waals surface area contributed by atoms with Crippen molar-refractivity contribution in [3.63, 3.8) is 0 Å². The van der Waals surface area contributed by atoms with Gasteiger partial charge < -0.3 is 0 Å². The second-order valence-electron chi connectivity index (χ2n) is 15.7. The number of hydrogen-bond donors (Lipinski definition) is 0. The van der Waals surface area contributed by atoms with Gasteiger partial charge in [-0.25, -0.2) is 0 Å². The van der Waals surface area contributed by atoms with Gasteiger partial charge in [-0.05, 0) is 41.4 Å². The predicted molar refractivity (Wildman–Crippen MR) is 200 cm³/mol. The van der Waals surface area contributed by atoms with Crippen molar-refractivity contribution in [2.45, 2.75) is 236 Å². The lowest BCUT2D eigenvalue weighted by Gasteiger charge is -2.27. The van der Waals surface area contributed by atoms with Gasteiger partial charge in [0.15, 0.2) is 0 Å². The monoisotopic (exact) mass is 605 g/mol. The first kappa shape index (κ1) is 43.0. The first-order valence-corrected chi connectivity index (χ1v) is 20.9. The third-order valence-corrected chi connectivity index (χ3v) is 11.4. The molecule has 0 aromatic rings. The third kappa shape index (κ3) is 24.9. The Bertz CT molecular complexity index is 486. The molecule has 0 N–H and O–H groups in total. The summed E-state index contributed by atoms with van der Waals surface area (Å²) in [5.74, 6) is 7.34. The second-order valence-corrected chi connectivity index (χ2v) is 15.7. The summed E-state index contributed by atoms with van der Waals surface area (Å²) in [5, 5.41) is 0. The van der Waals surface area contributed by atoms with Crippen molar-refractivity contribution in [1.82, 2.24) is 0 Å². The number of hydrogen-bond acceptors (Lipinski definition) is 0. The average Bonchev–Trinajstić information content (AvgIpc) is 3.70. The molecule has 0 aromatic carbocycles. The van der Waals surface area contributed by atoms with Gasteiger partial charge in [0.25, 0.3) is 0 Å². The molecule has 0 atom stereocenters. The Morgan fingerprint density at radius 2 is 0.372 bits per heavy atom. The standard InChI is InChI=1S/C14H26.C10H20.C9H18.C6H12.2C2H6/c1-12-6-4-10-14(11-5-7-12)13-8-2-3-9-13;1-9-5-3-7-10(2)8-4-6-9;1-9-7-5-3-2-4-6-8-9;1-6-4-2-3-5-6;2*1-2/h12-14H,2-11H2,1H3;9-10H,3-8H2,1-2H3;9H,2-8H2,1H3;6H,2-5H2,1H3;2*1-2H3. The molecular formula is C43H88. The van der Waals surface area contributed by atoms with Crippen molar-refractivity contribution in [3.05, 3.63) is 0 Å². The van der Waals surface area contributed by atoms with Crippen LogP contribution in [0.4, 0.5) is 0 Å². The van der Waals surface area contributed by atoms with Crippen molar-refractivity contribution >= 4 is 0 Å². The highest BCUT2D eigenvalue weighted by molar-refractivity contribution is 4.77. The van der Waals surface area contributed by atoms with Crippen LogP contribution in [0.1, 0.15) is 236 Å². The largest absolute Gasteiger partial charge is 0.0683 e. The van der Waals surface area contributed by atoms with Crippen molar-refractivity contribution in [3.8, 4) is 0 Å². The van der Waals surface area contributed by atoms with Gasteiger partial charge in [0, 0.05) is 0 Å². The fourth-order valence-electron chi connectivity index (χ4n) is 8.35. The molecule has 43 heavy (non-hydrogen) atoms. The van der Waals surface area contributed by atoms with Crippen molar-refractivity contribution in [2.75, 3.05) is 0 Å². The van der Waals surface area contributed by atoms with Crippen LogP contribution in [0.5, 0.6) is 0 Å². The van der Waals surface area contributed by atoms with Crippen molar-refractivity contribution in [1.29, 1.82) is 0 Å². The van der Waals surface area contributed by atoms with Crippen LogP contribution in [0.15, 0.2) is 0 Å². The highest BCUT2D eigenvalue weighted by atomic mass is 14.3. The quantitative estimate of drug-likeness (QED) is 0.279. The Balaban J connectivity index is 0.000000544. The van der Waals surface area contributed by atoms with E-state index < -0.39 is 0 Å². The SMILES string of the molecule is CC.CC.CC1CCCC(C)CCC1.CC1CCCC(C2CCCC2)CCC1.CC1CCCC1.CC1CCCCCCC1.